The van der Waals surface area contributed by atoms with Crippen LogP contribution in [-0.4, -0.2) is 22.4 Å². The average molecular weight is 326 g/mol. The Kier molecular flexibility index (Phi) is 6.29. The number of aromatic nitrogens is 2. The summed E-state index contributed by atoms with van der Waals surface area (Å²) in [6, 6.07) is 8.12. The molecule has 24 heavy (non-hydrogen) atoms. The number of benzene rings is 1. The molecular weight excluding hydrogens is 300 g/mol. The Morgan fingerprint density at radius 1 is 1.08 bits per heavy atom. The Hall–Kier alpha value is -2.43. The van der Waals surface area contributed by atoms with Crippen LogP contribution >= 0.6 is 0 Å². The first-order valence-corrected chi connectivity index (χ1v) is 8.43. The van der Waals surface area contributed by atoms with Crippen LogP contribution in [0.2, 0.25) is 0 Å². The smallest absolute Gasteiger partial charge is 0.271 e. The third-order valence-corrected chi connectivity index (χ3v) is 3.74. The van der Waals surface area contributed by atoms with Gasteiger partial charge in [-0.3, -0.25) is 4.79 Å². The van der Waals surface area contributed by atoms with Crippen LogP contribution in [0.5, 0.6) is 0 Å². The molecule has 1 heterocycles. The van der Waals surface area contributed by atoms with Gasteiger partial charge in [0, 0.05) is 12.2 Å². The lowest BCUT2D eigenvalue weighted by Gasteiger charge is -2.14. The van der Waals surface area contributed by atoms with Gasteiger partial charge in [-0.1, -0.05) is 45.9 Å². The van der Waals surface area contributed by atoms with E-state index in [4.69, 9.17) is 0 Å². The van der Waals surface area contributed by atoms with Crippen molar-refractivity contribution in [2.45, 2.75) is 40.0 Å². The first-order chi connectivity index (χ1) is 11.5. The van der Waals surface area contributed by atoms with Gasteiger partial charge in [-0.05, 0) is 29.9 Å². The number of rotatable bonds is 7. The highest BCUT2D eigenvalue weighted by molar-refractivity contribution is 5.92. The lowest BCUT2D eigenvalue weighted by Crippen LogP contribution is -2.26. The third kappa shape index (κ3) is 5.05. The topological polar surface area (TPSA) is 66.9 Å². The van der Waals surface area contributed by atoms with Crippen molar-refractivity contribution in [1.82, 2.24) is 15.3 Å². The lowest BCUT2D eigenvalue weighted by molar-refractivity contribution is 0.0946. The Morgan fingerprint density at radius 3 is 2.46 bits per heavy atom. The number of hydrogen-bond acceptors (Lipinski definition) is 4. The SMILES string of the molecule is CC(C)CCNC(=O)c1cnc(Nc2ccccc2C(C)C)cn1. The summed E-state index contributed by atoms with van der Waals surface area (Å²) < 4.78 is 0. The zero-order valence-electron chi connectivity index (χ0n) is 14.8. The molecule has 1 amide bonds. The molecular formula is C19H26N4O. The van der Waals surface area contributed by atoms with Crippen molar-refractivity contribution in [3.8, 4) is 0 Å². The van der Waals surface area contributed by atoms with Gasteiger partial charge in [0.2, 0.25) is 0 Å². The standard InChI is InChI=1S/C19H26N4O/c1-13(2)9-10-20-19(24)17-11-22-18(12-21-17)23-16-8-6-5-7-15(16)14(3)4/h5-8,11-14H,9-10H2,1-4H3,(H,20,24)(H,22,23). The van der Waals surface area contributed by atoms with Crippen LogP contribution in [0.25, 0.3) is 0 Å². The molecule has 128 valence electrons. The highest BCUT2D eigenvalue weighted by atomic mass is 16.1. The van der Waals surface area contributed by atoms with E-state index in [1.54, 1.807) is 6.20 Å². The first kappa shape index (κ1) is 17.9. The minimum Gasteiger partial charge on any atom is -0.351 e. The van der Waals surface area contributed by atoms with E-state index >= 15 is 0 Å². The number of carbonyl (C=O) groups is 1. The number of amides is 1. The summed E-state index contributed by atoms with van der Waals surface area (Å²) in [4.78, 5) is 20.5. The largest absolute Gasteiger partial charge is 0.351 e. The molecule has 0 fully saturated rings. The Labute approximate surface area is 143 Å². The number of carbonyl (C=O) groups excluding carboxylic acids is 1. The van der Waals surface area contributed by atoms with Crippen molar-refractivity contribution in [3.05, 3.63) is 47.9 Å². The maximum absolute atomic E-state index is 12.0. The molecule has 0 saturated carbocycles. The Bertz CT molecular complexity index is 665. The van der Waals surface area contributed by atoms with E-state index in [1.807, 2.05) is 18.2 Å². The summed E-state index contributed by atoms with van der Waals surface area (Å²) in [6.07, 6.45) is 4.05. The molecule has 5 heteroatoms. The van der Waals surface area contributed by atoms with Gasteiger partial charge < -0.3 is 10.6 Å². The van der Waals surface area contributed by atoms with Gasteiger partial charge in [-0.2, -0.15) is 0 Å². The molecule has 2 rings (SSSR count). The summed E-state index contributed by atoms with van der Waals surface area (Å²) in [5.41, 5.74) is 2.56. The molecule has 5 nitrogen and oxygen atoms in total. The fourth-order valence-corrected chi connectivity index (χ4v) is 2.33. The number of para-hydroxylation sites is 1. The molecule has 0 aliphatic rings. The molecule has 0 saturated heterocycles. The lowest BCUT2D eigenvalue weighted by atomic mass is 10.0. The zero-order chi connectivity index (χ0) is 17.5. The van der Waals surface area contributed by atoms with Crippen LogP contribution in [-0.2, 0) is 0 Å². The van der Waals surface area contributed by atoms with Gasteiger partial charge in [-0.15, -0.1) is 0 Å². The summed E-state index contributed by atoms with van der Waals surface area (Å²) in [6.45, 7) is 9.20. The first-order valence-electron chi connectivity index (χ1n) is 8.43. The summed E-state index contributed by atoms with van der Waals surface area (Å²) in [7, 11) is 0. The number of nitrogens with one attached hydrogen (secondary N) is 2. The summed E-state index contributed by atoms with van der Waals surface area (Å²) >= 11 is 0. The third-order valence-electron chi connectivity index (χ3n) is 3.74. The summed E-state index contributed by atoms with van der Waals surface area (Å²) in [5, 5.41) is 6.13. The van der Waals surface area contributed by atoms with E-state index in [1.165, 1.54) is 11.8 Å². The van der Waals surface area contributed by atoms with Crippen LogP contribution in [0.1, 0.15) is 56.1 Å². The molecule has 2 aromatic rings. The van der Waals surface area contributed by atoms with Crippen molar-refractivity contribution in [3.63, 3.8) is 0 Å². The van der Waals surface area contributed by atoms with Crippen molar-refractivity contribution < 1.29 is 4.79 Å². The van der Waals surface area contributed by atoms with Gasteiger partial charge in [-0.25, -0.2) is 9.97 Å². The van der Waals surface area contributed by atoms with Crippen LogP contribution in [0.3, 0.4) is 0 Å². The predicted octanol–water partition coefficient (Wildman–Crippen LogP) is 4.12. The van der Waals surface area contributed by atoms with Crippen LogP contribution in [0.4, 0.5) is 11.5 Å². The van der Waals surface area contributed by atoms with Gasteiger partial charge in [0.1, 0.15) is 11.5 Å². The predicted molar refractivity (Wildman–Crippen MR) is 97.6 cm³/mol. The number of hydrogen-bond donors (Lipinski definition) is 2. The van der Waals surface area contributed by atoms with E-state index < -0.39 is 0 Å². The number of nitrogens with zero attached hydrogens (tertiary/aromatic N) is 2. The molecule has 1 aromatic carbocycles. The van der Waals surface area contributed by atoms with E-state index in [0.29, 0.717) is 29.9 Å². The number of anilines is 2. The Balaban J connectivity index is 2.01. The van der Waals surface area contributed by atoms with Crippen molar-refractivity contribution in [1.29, 1.82) is 0 Å². The molecule has 2 N–H and O–H groups in total. The molecule has 1 aromatic heterocycles. The minimum atomic E-state index is -0.183. The van der Waals surface area contributed by atoms with Crippen LogP contribution in [0, 0.1) is 5.92 Å². The maximum atomic E-state index is 12.0. The second-order valence-corrected chi connectivity index (χ2v) is 6.59. The molecule has 0 aliphatic carbocycles. The van der Waals surface area contributed by atoms with Gasteiger partial charge in [0.15, 0.2) is 0 Å². The summed E-state index contributed by atoms with van der Waals surface area (Å²) in [5.74, 6) is 1.41. The van der Waals surface area contributed by atoms with E-state index in [2.05, 4.69) is 54.4 Å². The van der Waals surface area contributed by atoms with Crippen molar-refractivity contribution in [2.75, 3.05) is 11.9 Å². The van der Waals surface area contributed by atoms with Gasteiger partial charge in [0.05, 0.1) is 12.4 Å². The minimum absolute atomic E-state index is 0.183. The highest BCUT2D eigenvalue weighted by Gasteiger charge is 2.09. The van der Waals surface area contributed by atoms with Gasteiger partial charge >= 0.3 is 0 Å². The van der Waals surface area contributed by atoms with Crippen molar-refractivity contribution in [2.24, 2.45) is 5.92 Å². The van der Waals surface area contributed by atoms with Crippen molar-refractivity contribution >= 4 is 17.4 Å². The molecule has 0 radical (unpaired) electrons. The monoisotopic (exact) mass is 326 g/mol. The molecule has 0 bridgehead atoms. The fraction of sp³-hybridized carbons (Fsp3) is 0.421. The van der Waals surface area contributed by atoms with E-state index in [0.717, 1.165) is 12.1 Å². The zero-order valence-corrected chi connectivity index (χ0v) is 14.8. The van der Waals surface area contributed by atoms with Gasteiger partial charge in [0.25, 0.3) is 5.91 Å². The quantitative estimate of drug-likeness (QED) is 0.803. The molecule has 0 unspecified atom stereocenters. The molecule has 0 spiro atoms. The van der Waals surface area contributed by atoms with E-state index in [9.17, 15) is 4.79 Å². The van der Waals surface area contributed by atoms with Crippen LogP contribution in [0.15, 0.2) is 36.7 Å². The maximum Gasteiger partial charge on any atom is 0.271 e. The fourth-order valence-electron chi connectivity index (χ4n) is 2.33. The Morgan fingerprint density at radius 2 is 1.83 bits per heavy atom. The second-order valence-electron chi connectivity index (χ2n) is 6.59. The highest BCUT2D eigenvalue weighted by Crippen LogP contribution is 2.25. The molecule has 0 aliphatic heterocycles. The molecule has 0 atom stereocenters. The van der Waals surface area contributed by atoms with E-state index in [-0.39, 0.29) is 5.91 Å². The average Bonchev–Trinajstić information content (AvgIpc) is 2.55. The normalized spacial score (nSPS) is 10.9. The second kappa shape index (κ2) is 8.43. The van der Waals surface area contributed by atoms with Crippen LogP contribution < -0.4 is 10.6 Å².